The van der Waals surface area contributed by atoms with Gasteiger partial charge in [-0.2, -0.15) is 0 Å². The van der Waals surface area contributed by atoms with Crippen molar-refractivity contribution in [3.8, 4) is 0 Å². The van der Waals surface area contributed by atoms with Crippen molar-refractivity contribution in [1.82, 2.24) is 0 Å². The van der Waals surface area contributed by atoms with E-state index in [0.29, 0.717) is 32.8 Å². The second-order valence-electron chi connectivity index (χ2n) is 2.79. The summed E-state index contributed by atoms with van der Waals surface area (Å²) < 4.78 is 10.6. The number of aliphatic hydroxyl groups excluding tert-OH is 1. The van der Waals surface area contributed by atoms with E-state index in [2.05, 4.69) is 0 Å². The molecule has 0 heterocycles. The Kier molecular flexibility index (Phi) is 9.80. The van der Waals surface area contributed by atoms with Crippen LogP contribution in [-0.2, 0) is 9.47 Å². The zero-order chi connectivity index (χ0) is 9.94. The molecular weight excluding hydrogens is 170 g/mol. The summed E-state index contributed by atoms with van der Waals surface area (Å²) in [4.78, 5) is 0. The predicted octanol–water partition coefficient (Wildman–Crippen LogP) is 0.139. The van der Waals surface area contributed by atoms with Gasteiger partial charge in [0.25, 0.3) is 0 Å². The van der Waals surface area contributed by atoms with Gasteiger partial charge in [-0.1, -0.05) is 0 Å². The van der Waals surface area contributed by atoms with Crippen LogP contribution in [0.5, 0.6) is 0 Å². The van der Waals surface area contributed by atoms with E-state index in [1.165, 1.54) is 0 Å². The average Bonchev–Trinajstić information content (AvgIpc) is 2.16. The first-order valence-electron chi connectivity index (χ1n) is 4.85. The first kappa shape index (κ1) is 12.8. The maximum atomic E-state index is 8.48. The molecule has 0 fully saturated rings. The molecule has 1 unspecified atom stereocenters. The lowest BCUT2D eigenvalue weighted by Gasteiger charge is -2.14. The van der Waals surface area contributed by atoms with Crippen LogP contribution in [0.1, 0.15) is 19.8 Å². The van der Waals surface area contributed by atoms with E-state index in [4.69, 9.17) is 20.3 Å². The summed E-state index contributed by atoms with van der Waals surface area (Å²) in [5.74, 6) is 0. The monoisotopic (exact) mass is 191 g/mol. The van der Waals surface area contributed by atoms with E-state index in [0.717, 1.165) is 6.42 Å². The Morgan fingerprint density at radius 2 is 2.15 bits per heavy atom. The van der Waals surface area contributed by atoms with Crippen molar-refractivity contribution in [2.24, 2.45) is 5.73 Å². The summed E-state index contributed by atoms with van der Waals surface area (Å²) in [6.45, 7) is 4.64. The van der Waals surface area contributed by atoms with Crippen LogP contribution < -0.4 is 5.73 Å². The molecule has 0 rings (SSSR count). The van der Waals surface area contributed by atoms with Gasteiger partial charge in [0, 0.05) is 33.0 Å². The maximum Gasteiger partial charge on any atom is 0.0719 e. The molecule has 13 heavy (non-hydrogen) atoms. The molecule has 4 heteroatoms. The van der Waals surface area contributed by atoms with E-state index in [-0.39, 0.29) is 12.7 Å². The second kappa shape index (κ2) is 9.92. The SMILES string of the molecule is CCOC(CN)CCOCCCO. The molecule has 0 saturated heterocycles. The van der Waals surface area contributed by atoms with Crippen molar-refractivity contribution < 1.29 is 14.6 Å². The first-order chi connectivity index (χ1) is 6.35. The molecule has 3 N–H and O–H groups in total. The van der Waals surface area contributed by atoms with Gasteiger partial charge in [-0.15, -0.1) is 0 Å². The van der Waals surface area contributed by atoms with Crippen molar-refractivity contribution >= 4 is 0 Å². The fourth-order valence-electron chi connectivity index (χ4n) is 0.988. The average molecular weight is 191 g/mol. The molecule has 0 aromatic carbocycles. The highest BCUT2D eigenvalue weighted by Crippen LogP contribution is 1.97. The van der Waals surface area contributed by atoms with E-state index in [9.17, 15) is 0 Å². The van der Waals surface area contributed by atoms with Crippen molar-refractivity contribution in [2.45, 2.75) is 25.9 Å². The van der Waals surface area contributed by atoms with E-state index in [1.807, 2.05) is 6.92 Å². The van der Waals surface area contributed by atoms with Crippen LogP contribution in [0.4, 0.5) is 0 Å². The number of nitrogens with two attached hydrogens (primary N) is 1. The van der Waals surface area contributed by atoms with Gasteiger partial charge in [0.05, 0.1) is 6.10 Å². The summed E-state index contributed by atoms with van der Waals surface area (Å²) in [5.41, 5.74) is 5.48. The highest BCUT2D eigenvalue weighted by molar-refractivity contribution is 4.57. The van der Waals surface area contributed by atoms with Crippen LogP contribution in [0.2, 0.25) is 0 Å². The van der Waals surface area contributed by atoms with Gasteiger partial charge in [-0.3, -0.25) is 0 Å². The Labute approximate surface area is 80.0 Å². The molecule has 1 atom stereocenters. The molecule has 0 bridgehead atoms. The second-order valence-corrected chi connectivity index (χ2v) is 2.79. The van der Waals surface area contributed by atoms with Gasteiger partial charge in [0.1, 0.15) is 0 Å². The normalized spacial score (nSPS) is 13.2. The van der Waals surface area contributed by atoms with Crippen molar-refractivity contribution in [3.63, 3.8) is 0 Å². The molecular formula is C9H21NO3. The molecule has 0 aliphatic carbocycles. The first-order valence-corrected chi connectivity index (χ1v) is 4.85. The topological polar surface area (TPSA) is 64.7 Å². The minimum Gasteiger partial charge on any atom is -0.396 e. The van der Waals surface area contributed by atoms with Gasteiger partial charge in [-0.05, 0) is 19.8 Å². The molecule has 0 aromatic heterocycles. The van der Waals surface area contributed by atoms with E-state index in [1.54, 1.807) is 0 Å². The van der Waals surface area contributed by atoms with Crippen LogP contribution in [0.15, 0.2) is 0 Å². The summed E-state index contributed by atoms with van der Waals surface area (Å²) in [5, 5.41) is 8.48. The molecule has 80 valence electrons. The minimum atomic E-state index is 0.110. The molecule has 0 aromatic rings. The molecule has 0 saturated carbocycles. The summed E-state index contributed by atoms with van der Waals surface area (Å²) in [7, 11) is 0. The minimum absolute atomic E-state index is 0.110. The van der Waals surface area contributed by atoms with Gasteiger partial charge in [0.2, 0.25) is 0 Å². The van der Waals surface area contributed by atoms with Crippen LogP contribution in [0.25, 0.3) is 0 Å². The molecule has 0 aliphatic heterocycles. The van der Waals surface area contributed by atoms with Gasteiger partial charge in [-0.25, -0.2) is 0 Å². The van der Waals surface area contributed by atoms with Gasteiger partial charge >= 0.3 is 0 Å². The molecule has 0 spiro atoms. The van der Waals surface area contributed by atoms with Crippen molar-refractivity contribution in [1.29, 1.82) is 0 Å². The summed E-state index contributed by atoms with van der Waals surface area (Å²) >= 11 is 0. The molecule has 4 nitrogen and oxygen atoms in total. The Bertz CT molecular complexity index is 101. The number of hydrogen-bond donors (Lipinski definition) is 2. The van der Waals surface area contributed by atoms with E-state index < -0.39 is 0 Å². The van der Waals surface area contributed by atoms with Crippen LogP contribution in [-0.4, -0.2) is 44.2 Å². The van der Waals surface area contributed by atoms with Crippen LogP contribution in [0.3, 0.4) is 0 Å². The highest BCUT2D eigenvalue weighted by Gasteiger charge is 2.04. The summed E-state index contributed by atoms with van der Waals surface area (Å²) in [6.07, 6.45) is 1.64. The lowest BCUT2D eigenvalue weighted by atomic mass is 10.2. The lowest BCUT2D eigenvalue weighted by Crippen LogP contribution is -2.25. The summed E-state index contributed by atoms with van der Waals surface area (Å²) in [6, 6.07) is 0. The number of ether oxygens (including phenoxy) is 2. The predicted molar refractivity (Wildman–Crippen MR) is 51.6 cm³/mol. The van der Waals surface area contributed by atoms with Gasteiger partial charge in [0.15, 0.2) is 0 Å². The van der Waals surface area contributed by atoms with Gasteiger partial charge < -0.3 is 20.3 Å². The van der Waals surface area contributed by atoms with Crippen molar-refractivity contribution in [3.05, 3.63) is 0 Å². The Morgan fingerprint density at radius 3 is 2.69 bits per heavy atom. The Balaban J connectivity index is 3.17. The smallest absolute Gasteiger partial charge is 0.0719 e. The Morgan fingerprint density at radius 1 is 1.38 bits per heavy atom. The fraction of sp³-hybridized carbons (Fsp3) is 1.00. The third-order valence-electron chi connectivity index (χ3n) is 1.70. The number of rotatable bonds is 9. The zero-order valence-corrected chi connectivity index (χ0v) is 8.37. The van der Waals surface area contributed by atoms with Crippen LogP contribution >= 0.6 is 0 Å². The molecule has 0 aliphatic rings. The third kappa shape index (κ3) is 8.18. The standard InChI is InChI=1S/C9H21NO3/c1-2-13-9(8-10)4-7-12-6-3-5-11/h9,11H,2-8,10H2,1H3. The quantitative estimate of drug-likeness (QED) is 0.509. The lowest BCUT2D eigenvalue weighted by molar-refractivity contribution is 0.0303. The fourth-order valence-corrected chi connectivity index (χ4v) is 0.988. The van der Waals surface area contributed by atoms with E-state index >= 15 is 0 Å². The third-order valence-corrected chi connectivity index (χ3v) is 1.70. The highest BCUT2D eigenvalue weighted by atomic mass is 16.5. The van der Waals surface area contributed by atoms with Crippen molar-refractivity contribution in [2.75, 3.05) is 33.0 Å². The Hall–Kier alpha value is -0.160. The zero-order valence-electron chi connectivity index (χ0n) is 8.37. The number of hydrogen-bond acceptors (Lipinski definition) is 4. The molecule has 0 radical (unpaired) electrons. The maximum absolute atomic E-state index is 8.48. The van der Waals surface area contributed by atoms with Crippen LogP contribution in [0, 0.1) is 0 Å². The molecule has 0 amide bonds. The largest absolute Gasteiger partial charge is 0.396 e. The number of aliphatic hydroxyl groups is 1.